The van der Waals surface area contributed by atoms with E-state index in [0.29, 0.717) is 31.6 Å². The first kappa shape index (κ1) is 23.1. The highest BCUT2D eigenvalue weighted by Gasteiger charge is 2.39. The number of benzene rings is 2. The minimum absolute atomic E-state index is 0.0252. The zero-order valence-corrected chi connectivity index (χ0v) is 16.9. The third-order valence-corrected chi connectivity index (χ3v) is 5.69. The Bertz CT molecular complexity index is 921. The molecular formula is C22H22F6N2O. The van der Waals surface area contributed by atoms with Gasteiger partial charge in [0.2, 0.25) is 0 Å². The standard InChI is InChI=1S/C22H22F6N2O/c1-13-5-3-4-6-17(13)18-12-29-8-7-19(18)30(2)20(31)14-9-15(21(23,24)25)11-16(10-14)22(26,27)28/h3-6,9-11,18-19,29H,7-8,12H2,1-2H3. The van der Waals surface area contributed by atoms with Crippen LogP contribution in [0.15, 0.2) is 42.5 Å². The maximum atomic E-state index is 13.2. The van der Waals surface area contributed by atoms with E-state index in [1.54, 1.807) is 0 Å². The maximum Gasteiger partial charge on any atom is 0.416 e. The SMILES string of the molecule is Cc1ccccc1C1CNCCC1N(C)C(=O)c1cc(C(F)(F)F)cc(C(F)(F)F)c1. The van der Waals surface area contributed by atoms with Gasteiger partial charge in [0.1, 0.15) is 0 Å². The summed E-state index contributed by atoms with van der Waals surface area (Å²) in [5.41, 5.74) is -1.65. The van der Waals surface area contributed by atoms with Gasteiger partial charge < -0.3 is 10.2 Å². The maximum absolute atomic E-state index is 13.2. The highest BCUT2D eigenvalue weighted by atomic mass is 19.4. The first-order chi connectivity index (χ1) is 14.4. The Labute approximate surface area is 176 Å². The molecule has 0 aromatic heterocycles. The van der Waals surface area contributed by atoms with Crippen molar-refractivity contribution in [2.45, 2.75) is 37.7 Å². The summed E-state index contributed by atoms with van der Waals surface area (Å²) in [6, 6.07) is 8.19. The molecule has 0 saturated carbocycles. The first-order valence-corrected chi connectivity index (χ1v) is 9.72. The van der Waals surface area contributed by atoms with Gasteiger partial charge in [-0.15, -0.1) is 0 Å². The van der Waals surface area contributed by atoms with E-state index in [9.17, 15) is 31.1 Å². The number of halogens is 6. The van der Waals surface area contributed by atoms with Crippen LogP contribution in [0.5, 0.6) is 0 Å². The van der Waals surface area contributed by atoms with E-state index >= 15 is 0 Å². The van der Waals surface area contributed by atoms with E-state index in [2.05, 4.69) is 5.32 Å². The average Bonchev–Trinajstić information content (AvgIpc) is 2.71. The van der Waals surface area contributed by atoms with Gasteiger partial charge in [-0.2, -0.15) is 26.3 Å². The molecule has 1 fully saturated rings. The van der Waals surface area contributed by atoms with E-state index in [1.807, 2.05) is 31.2 Å². The van der Waals surface area contributed by atoms with Crippen LogP contribution in [-0.2, 0) is 12.4 Å². The smallest absolute Gasteiger partial charge is 0.338 e. The molecule has 9 heteroatoms. The molecule has 1 amide bonds. The highest BCUT2D eigenvalue weighted by molar-refractivity contribution is 5.94. The summed E-state index contributed by atoms with van der Waals surface area (Å²) in [6.45, 7) is 3.05. The van der Waals surface area contributed by atoms with Crippen molar-refractivity contribution in [2.75, 3.05) is 20.1 Å². The van der Waals surface area contributed by atoms with Crippen LogP contribution >= 0.6 is 0 Å². The molecule has 2 atom stereocenters. The van der Waals surface area contributed by atoms with Crippen molar-refractivity contribution in [3.63, 3.8) is 0 Å². The Balaban J connectivity index is 1.98. The van der Waals surface area contributed by atoms with E-state index < -0.39 is 35.0 Å². The molecular weight excluding hydrogens is 422 g/mol. The van der Waals surface area contributed by atoms with Crippen molar-refractivity contribution >= 4 is 5.91 Å². The quantitative estimate of drug-likeness (QED) is 0.656. The summed E-state index contributed by atoms with van der Waals surface area (Å²) in [7, 11) is 1.43. The third-order valence-electron chi connectivity index (χ3n) is 5.69. The van der Waals surface area contributed by atoms with Gasteiger partial charge >= 0.3 is 12.4 Å². The summed E-state index contributed by atoms with van der Waals surface area (Å²) in [5.74, 6) is -1.01. The van der Waals surface area contributed by atoms with Crippen molar-refractivity contribution in [3.8, 4) is 0 Å². The number of piperidine rings is 1. The van der Waals surface area contributed by atoms with Crippen LogP contribution in [-0.4, -0.2) is 37.0 Å². The van der Waals surface area contributed by atoms with Gasteiger partial charge in [-0.25, -0.2) is 0 Å². The number of aryl methyl sites for hydroxylation is 1. The van der Waals surface area contributed by atoms with Crippen LogP contribution in [0, 0.1) is 6.92 Å². The van der Waals surface area contributed by atoms with E-state index in [-0.39, 0.29) is 18.0 Å². The van der Waals surface area contributed by atoms with Crippen LogP contribution < -0.4 is 5.32 Å². The number of nitrogens with zero attached hydrogens (tertiary/aromatic N) is 1. The Hall–Kier alpha value is -2.55. The van der Waals surface area contributed by atoms with Crippen molar-refractivity contribution in [2.24, 2.45) is 0 Å². The number of carbonyl (C=O) groups is 1. The zero-order chi connectivity index (χ0) is 23.0. The van der Waals surface area contributed by atoms with E-state index in [1.165, 1.54) is 11.9 Å². The number of rotatable bonds is 3. The van der Waals surface area contributed by atoms with Crippen molar-refractivity contribution < 1.29 is 31.1 Å². The molecule has 0 spiro atoms. The second-order valence-corrected chi connectivity index (χ2v) is 7.73. The first-order valence-electron chi connectivity index (χ1n) is 9.72. The summed E-state index contributed by atoms with van der Waals surface area (Å²) in [5, 5.41) is 3.25. The number of amides is 1. The molecule has 2 unspecified atom stereocenters. The van der Waals surface area contributed by atoms with E-state index in [4.69, 9.17) is 0 Å². The van der Waals surface area contributed by atoms with Crippen molar-refractivity contribution in [3.05, 3.63) is 70.3 Å². The van der Waals surface area contributed by atoms with Crippen LogP contribution in [0.3, 0.4) is 0 Å². The van der Waals surface area contributed by atoms with Gasteiger partial charge in [0.25, 0.3) is 5.91 Å². The molecule has 1 aliphatic rings. The predicted octanol–water partition coefficient (Wildman–Crippen LogP) is 5.25. The number of alkyl halides is 6. The van der Waals surface area contributed by atoms with Gasteiger partial charge in [0, 0.05) is 31.1 Å². The van der Waals surface area contributed by atoms with Gasteiger partial charge in [0.15, 0.2) is 0 Å². The van der Waals surface area contributed by atoms with Gasteiger partial charge in [-0.1, -0.05) is 24.3 Å². The zero-order valence-electron chi connectivity index (χ0n) is 16.9. The van der Waals surface area contributed by atoms with E-state index in [0.717, 1.165) is 11.1 Å². The van der Waals surface area contributed by atoms with Gasteiger partial charge in [-0.05, 0) is 49.2 Å². The molecule has 0 bridgehead atoms. The Morgan fingerprint density at radius 3 is 2.13 bits per heavy atom. The number of hydrogen-bond donors (Lipinski definition) is 1. The Kier molecular flexibility index (Phi) is 6.36. The Morgan fingerprint density at radius 2 is 1.58 bits per heavy atom. The monoisotopic (exact) mass is 444 g/mol. The molecule has 1 heterocycles. The summed E-state index contributed by atoms with van der Waals surface area (Å²) >= 11 is 0. The molecule has 2 aromatic carbocycles. The number of nitrogens with one attached hydrogen (secondary N) is 1. The third kappa shape index (κ3) is 5.03. The fourth-order valence-electron chi connectivity index (χ4n) is 4.06. The van der Waals surface area contributed by atoms with Crippen molar-refractivity contribution in [1.82, 2.24) is 10.2 Å². The van der Waals surface area contributed by atoms with Crippen LogP contribution in [0.1, 0.15) is 45.0 Å². The summed E-state index contributed by atoms with van der Waals surface area (Å²) in [6.07, 6.45) is -9.49. The average molecular weight is 444 g/mol. The molecule has 1 saturated heterocycles. The number of hydrogen-bond acceptors (Lipinski definition) is 2. The molecule has 168 valence electrons. The van der Waals surface area contributed by atoms with Crippen molar-refractivity contribution in [1.29, 1.82) is 0 Å². The van der Waals surface area contributed by atoms with Crippen LogP contribution in [0.4, 0.5) is 26.3 Å². The fourth-order valence-corrected chi connectivity index (χ4v) is 4.06. The lowest BCUT2D eigenvalue weighted by atomic mass is 9.83. The molecule has 2 aromatic rings. The summed E-state index contributed by atoms with van der Waals surface area (Å²) in [4.78, 5) is 14.3. The minimum atomic E-state index is -5.01. The molecule has 3 rings (SSSR count). The largest absolute Gasteiger partial charge is 0.416 e. The molecule has 0 aliphatic carbocycles. The molecule has 1 aliphatic heterocycles. The lowest BCUT2D eigenvalue weighted by Gasteiger charge is -2.39. The topological polar surface area (TPSA) is 32.3 Å². The molecule has 1 N–H and O–H groups in total. The normalized spacial score (nSPS) is 19.9. The van der Waals surface area contributed by atoms with Crippen LogP contribution in [0.25, 0.3) is 0 Å². The van der Waals surface area contributed by atoms with Crippen LogP contribution in [0.2, 0.25) is 0 Å². The van der Waals surface area contributed by atoms with Gasteiger partial charge in [-0.3, -0.25) is 4.79 Å². The lowest BCUT2D eigenvalue weighted by Crippen LogP contribution is -2.49. The second-order valence-electron chi connectivity index (χ2n) is 7.73. The molecule has 3 nitrogen and oxygen atoms in total. The molecule has 31 heavy (non-hydrogen) atoms. The Morgan fingerprint density at radius 1 is 1.00 bits per heavy atom. The molecule has 0 radical (unpaired) electrons. The lowest BCUT2D eigenvalue weighted by molar-refractivity contribution is -0.143. The number of likely N-dealkylation sites (N-methyl/N-ethyl adjacent to an activating group) is 1. The fraction of sp³-hybridized carbons (Fsp3) is 0.409. The van der Waals surface area contributed by atoms with Gasteiger partial charge in [0.05, 0.1) is 11.1 Å². The summed E-state index contributed by atoms with van der Waals surface area (Å²) < 4.78 is 79.1. The second kappa shape index (κ2) is 8.53. The highest BCUT2D eigenvalue weighted by Crippen LogP contribution is 2.37. The number of carbonyl (C=O) groups excluding carboxylic acids is 1. The predicted molar refractivity (Wildman–Crippen MR) is 104 cm³/mol. The minimum Gasteiger partial charge on any atom is -0.338 e.